The van der Waals surface area contributed by atoms with Gasteiger partial charge in [-0.15, -0.1) is 0 Å². The molecule has 2 nitrogen and oxygen atoms in total. The minimum Gasteiger partial charge on any atom is -0.369 e. The van der Waals surface area contributed by atoms with Crippen LogP contribution in [0, 0.1) is 5.82 Å². The van der Waals surface area contributed by atoms with Gasteiger partial charge in [0.25, 0.3) is 0 Å². The minimum absolute atomic E-state index is 0.192. The summed E-state index contributed by atoms with van der Waals surface area (Å²) in [6.07, 6.45) is 0. The van der Waals surface area contributed by atoms with Gasteiger partial charge in [0.1, 0.15) is 5.82 Å². The fourth-order valence-electron chi connectivity index (χ4n) is 2.14. The van der Waals surface area contributed by atoms with Crippen LogP contribution in [0.1, 0.15) is 11.1 Å². The Balaban J connectivity index is 2.17. The van der Waals surface area contributed by atoms with Gasteiger partial charge in [0.05, 0.1) is 10.7 Å². The molecule has 0 bridgehead atoms. The Kier molecular flexibility index (Phi) is 4.99. The molecule has 0 amide bonds. The third-order valence-corrected chi connectivity index (χ3v) is 3.47. The van der Waals surface area contributed by atoms with E-state index < -0.39 is 0 Å². The molecule has 20 heavy (non-hydrogen) atoms. The summed E-state index contributed by atoms with van der Waals surface area (Å²) < 4.78 is 13.7. The van der Waals surface area contributed by atoms with Crippen LogP contribution in [0.15, 0.2) is 42.5 Å². The monoisotopic (exact) mass is 292 g/mol. The standard InChI is InChI=1S/C16H18ClFN2/c1-19-10-12-7-8-16(14(17)9-12)20(2)11-13-5-3-4-6-15(13)18/h3-9,19H,10-11H2,1-2H3. The normalized spacial score (nSPS) is 10.6. The quantitative estimate of drug-likeness (QED) is 0.901. The molecule has 0 aromatic heterocycles. The van der Waals surface area contributed by atoms with Crippen LogP contribution < -0.4 is 10.2 Å². The fourth-order valence-corrected chi connectivity index (χ4v) is 2.49. The molecule has 0 unspecified atom stereocenters. The molecular weight excluding hydrogens is 275 g/mol. The number of anilines is 1. The highest BCUT2D eigenvalue weighted by atomic mass is 35.5. The molecule has 0 heterocycles. The SMILES string of the molecule is CNCc1ccc(N(C)Cc2ccccc2F)c(Cl)c1. The first kappa shape index (κ1) is 14.8. The van der Waals surface area contributed by atoms with Gasteiger partial charge in [0, 0.05) is 25.7 Å². The van der Waals surface area contributed by atoms with E-state index in [2.05, 4.69) is 5.32 Å². The summed E-state index contributed by atoms with van der Waals surface area (Å²) in [5.41, 5.74) is 2.68. The molecule has 0 radical (unpaired) electrons. The number of benzene rings is 2. The van der Waals surface area contributed by atoms with Gasteiger partial charge < -0.3 is 10.2 Å². The highest BCUT2D eigenvalue weighted by Crippen LogP contribution is 2.27. The van der Waals surface area contributed by atoms with E-state index >= 15 is 0 Å². The first-order valence-electron chi connectivity index (χ1n) is 6.49. The van der Waals surface area contributed by atoms with Gasteiger partial charge in [-0.25, -0.2) is 4.39 Å². The molecule has 106 valence electrons. The van der Waals surface area contributed by atoms with E-state index in [-0.39, 0.29) is 5.82 Å². The van der Waals surface area contributed by atoms with Crippen molar-refractivity contribution in [2.75, 3.05) is 19.0 Å². The Labute approximate surface area is 124 Å². The van der Waals surface area contributed by atoms with E-state index in [1.807, 2.05) is 43.3 Å². The topological polar surface area (TPSA) is 15.3 Å². The zero-order chi connectivity index (χ0) is 14.5. The summed E-state index contributed by atoms with van der Waals surface area (Å²) >= 11 is 6.30. The second-order valence-electron chi connectivity index (χ2n) is 4.76. The number of halogens is 2. The van der Waals surface area contributed by atoms with E-state index in [0.717, 1.165) is 17.8 Å². The Morgan fingerprint density at radius 1 is 1.20 bits per heavy atom. The summed E-state index contributed by atoms with van der Waals surface area (Å²) in [5.74, 6) is -0.192. The molecule has 0 spiro atoms. The summed E-state index contributed by atoms with van der Waals surface area (Å²) in [5, 5.41) is 3.76. The third-order valence-electron chi connectivity index (χ3n) is 3.17. The number of nitrogens with zero attached hydrogens (tertiary/aromatic N) is 1. The van der Waals surface area contributed by atoms with Crippen LogP contribution in [-0.4, -0.2) is 14.1 Å². The van der Waals surface area contributed by atoms with E-state index in [1.54, 1.807) is 12.1 Å². The molecule has 0 aliphatic carbocycles. The van der Waals surface area contributed by atoms with Gasteiger partial charge in [-0.2, -0.15) is 0 Å². The van der Waals surface area contributed by atoms with Crippen LogP contribution >= 0.6 is 11.6 Å². The van der Waals surface area contributed by atoms with Crippen LogP contribution in [-0.2, 0) is 13.1 Å². The molecular formula is C16H18ClFN2. The van der Waals surface area contributed by atoms with Gasteiger partial charge in [0.2, 0.25) is 0 Å². The summed E-state index contributed by atoms with van der Waals surface area (Å²) in [6.45, 7) is 1.26. The molecule has 2 rings (SSSR count). The van der Waals surface area contributed by atoms with Gasteiger partial charge in [-0.05, 0) is 30.8 Å². The molecule has 0 aliphatic heterocycles. The van der Waals surface area contributed by atoms with Crippen molar-refractivity contribution >= 4 is 17.3 Å². The number of hydrogen-bond acceptors (Lipinski definition) is 2. The maximum Gasteiger partial charge on any atom is 0.128 e. The Bertz CT molecular complexity index is 586. The maximum absolute atomic E-state index is 13.7. The van der Waals surface area contributed by atoms with Gasteiger partial charge in [-0.1, -0.05) is 35.9 Å². The lowest BCUT2D eigenvalue weighted by molar-refractivity contribution is 0.608. The van der Waals surface area contributed by atoms with Gasteiger partial charge in [0.15, 0.2) is 0 Å². The first-order chi connectivity index (χ1) is 9.61. The summed E-state index contributed by atoms with van der Waals surface area (Å²) in [7, 11) is 3.80. The van der Waals surface area contributed by atoms with Gasteiger partial charge in [-0.3, -0.25) is 0 Å². The summed E-state index contributed by atoms with van der Waals surface area (Å²) in [6, 6.07) is 12.7. The fraction of sp³-hybridized carbons (Fsp3) is 0.250. The van der Waals surface area contributed by atoms with Crippen molar-refractivity contribution < 1.29 is 4.39 Å². The van der Waals surface area contributed by atoms with Crippen molar-refractivity contribution in [1.82, 2.24) is 5.32 Å². The average Bonchev–Trinajstić information content (AvgIpc) is 2.42. The lowest BCUT2D eigenvalue weighted by Crippen LogP contribution is -2.18. The van der Waals surface area contributed by atoms with Crippen LogP contribution in [0.3, 0.4) is 0 Å². The molecule has 0 saturated carbocycles. The third kappa shape index (κ3) is 3.50. The number of hydrogen-bond donors (Lipinski definition) is 1. The predicted octanol–water partition coefficient (Wildman–Crippen LogP) is 3.83. The van der Waals surface area contributed by atoms with E-state index in [4.69, 9.17) is 11.6 Å². The Morgan fingerprint density at radius 2 is 1.95 bits per heavy atom. The highest BCUT2D eigenvalue weighted by Gasteiger charge is 2.09. The molecule has 0 atom stereocenters. The smallest absolute Gasteiger partial charge is 0.128 e. The maximum atomic E-state index is 13.7. The molecule has 0 fully saturated rings. The van der Waals surface area contributed by atoms with Crippen LogP contribution in [0.25, 0.3) is 0 Å². The zero-order valence-corrected chi connectivity index (χ0v) is 12.4. The second kappa shape index (κ2) is 6.73. The average molecular weight is 293 g/mol. The molecule has 2 aromatic carbocycles. The number of nitrogens with one attached hydrogen (secondary N) is 1. The summed E-state index contributed by atoms with van der Waals surface area (Å²) in [4.78, 5) is 1.95. The van der Waals surface area contributed by atoms with Crippen molar-refractivity contribution in [2.24, 2.45) is 0 Å². The minimum atomic E-state index is -0.192. The number of rotatable bonds is 5. The zero-order valence-electron chi connectivity index (χ0n) is 11.7. The van der Waals surface area contributed by atoms with E-state index in [0.29, 0.717) is 17.1 Å². The molecule has 4 heteroatoms. The molecule has 2 aromatic rings. The lowest BCUT2D eigenvalue weighted by atomic mass is 10.1. The van der Waals surface area contributed by atoms with Crippen LogP contribution in [0.5, 0.6) is 0 Å². The first-order valence-corrected chi connectivity index (χ1v) is 6.87. The van der Waals surface area contributed by atoms with Crippen molar-refractivity contribution in [3.8, 4) is 0 Å². The highest BCUT2D eigenvalue weighted by molar-refractivity contribution is 6.33. The van der Waals surface area contributed by atoms with Crippen molar-refractivity contribution in [3.63, 3.8) is 0 Å². The predicted molar refractivity (Wildman–Crippen MR) is 82.7 cm³/mol. The Hall–Kier alpha value is -1.58. The van der Waals surface area contributed by atoms with Crippen molar-refractivity contribution in [2.45, 2.75) is 13.1 Å². The van der Waals surface area contributed by atoms with Crippen LogP contribution in [0.2, 0.25) is 5.02 Å². The van der Waals surface area contributed by atoms with Crippen molar-refractivity contribution in [3.05, 3.63) is 64.4 Å². The molecule has 1 N–H and O–H groups in total. The second-order valence-corrected chi connectivity index (χ2v) is 5.17. The van der Waals surface area contributed by atoms with Gasteiger partial charge >= 0.3 is 0 Å². The van der Waals surface area contributed by atoms with E-state index in [9.17, 15) is 4.39 Å². The van der Waals surface area contributed by atoms with Crippen molar-refractivity contribution in [1.29, 1.82) is 0 Å². The molecule has 0 saturated heterocycles. The van der Waals surface area contributed by atoms with Crippen LogP contribution in [0.4, 0.5) is 10.1 Å². The van der Waals surface area contributed by atoms with E-state index in [1.165, 1.54) is 6.07 Å². The Morgan fingerprint density at radius 3 is 2.60 bits per heavy atom. The molecule has 0 aliphatic rings. The lowest BCUT2D eigenvalue weighted by Gasteiger charge is -2.21. The largest absolute Gasteiger partial charge is 0.369 e.